The third kappa shape index (κ3) is 5.21. The number of benzene rings is 2. The van der Waals surface area contributed by atoms with Gasteiger partial charge in [-0.1, -0.05) is 60.1 Å². The first-order valence-electron chi connectivity index (χ1n) is 10.6. The van der Waals surface area contributed by atoms with Crippen molar-refractivity contribution in [3.05, 3.63) is 107 Å². The fourth-order valence-electron chi connectivity index (χ4n) is 3.74. The van der Waals surface area contributed by atoms with Crippen molar-refractivity contribution in [2.24, 2.45) is 0 Å². The van der Waals surface area contributed by atoms with Gasteiger partial charge in [0, 0.05) is 24.3 Å². The number of tetrazole rings is 1. The summed E-state index contributed by atoms with van der Waals surface area (Å²) in [6, 6.07) is 24.1. The lowest BCUT2D eigenvalue weighted by atomic mass is 10.0. The zero-order valence-electron chi connectivity index (χ0n) is 18.6. The molecule has 1 atom stereocenters. The molecule has 0 aliphatic carbocycles. The topological polar surface area (TPSA) is 59.7 Å². The van der Waals surface area contributed by atoms with E-state index in [0.29, 0.717) is 13.1 Å². The molecule has 0 saturated heterocycles. The van der Waals surface area contributed by atoms with Gasteiger partial charge in [0.2, 0.25) is 0 Å². The molecule has 2 heterocycles. The predicted molar refractivity (Wildman–Crippen MR) is 126 cm³/mol. The van der Waals surface area contributed by atoms with Gasteiger partial charge in [-0.3, -0.25) is 9.88 Å². The Labute approximate surface area is 193 Å². The average molecular weight is 447 g/mol. The Morgan fingerprint density at radius 3 is 2.16 bits per heavy atom. The van der Waals surface area contributed by atoms with Crippen LogP contribution in [0.15, 0.2) is 79.0 Å². The van der Waals surface area contributed by atoms with Crippen molar-refractivity contribution in [3.8, 4) is 0 Å². The molecule has 0 spiro atoms. The second kappa shape index (κ2) is 9.59. The van der Waals surface area contributed by atoms with E-state index >= 15 is 0 Å². The van der Waals surface area contributed by atoms with Gasteiger partial charge in [0.25, 0.3) is 0 Å². The minimum Gasteiger partial charge on any atom is -0.280 e. The molecule has 0 fully saturated rings. The van der Waals surface area contributed by atoms with E-state index in [1.165, 1.54) is 5.56 Å². The minimum atomic E-state index is -0.273. The molecular weight excluding hydrogens is 420 g/mol. The molecule has 4 rings (SSSR count). The highest BCUT2D eigenvalue weighted by atomic mass is 35.5. The van der Waals surface area contributed by atoms with E-state index < -0.39 is 0 Å². The first kappa shape index (κ1) is 22.1. The minimum absolute atomic E-state index is 0.235. The molecule has 0 unspecified atom stereocenters. The Bertz CT molecular complexity index is 1120. The van der Waals surface area contributed by atoms with E-state index in [1.54, 1.807) is 0 Å². The van der Waals surface area contributed by atoms with Crippen molar-refractivity contribution < 1.29 is 0 Å². The van der Waals surface area contributed by atoms with E-state index in [2.05, 4.69) is 77.6 Å². The van der Waals surface area contributed by atoms with Gasteiger partial charge in [0.15, 0.2) is 5.82 Å². The van der Waals surface area contributed by atoms with E-state index in [1.807, 2.05) is 47.3 Å². The van der Waals surface area contributed by atoms with Gasteiger partial charge in [0.05, 0.1) is 11.2 Å². The molecule has 4 aromatic rings. The fraction of sp³-hybridized carbons (Fsp3) is 0.280. The first-order chi connectivity index (χ1) is 15.4. The average Bonchev–Trinajstić information content (AvgIpc) is 3.27. The van der Waals surface area contributed by atoms with Crippen LogP contribution in [0.25, 0.3) is 0 Å². The molecule has 32 heavy (non-hydrogen) atoms. The third-order valence-electron chi connectivity index (χ3n) is 5.23. The van der Waals surface area contributed by atoms with Crippen molar-refractivity contribution in [3.63, 3.8) is 0 Å². The fourth-order valence-corrected chi connectivity index (χ4v) is 3.87. The van der Waals surface area contributed by atoms with Crippen molar-refractivity contribution in [1.82, 2.24) is 30.1 Å². The quantitative estimate of drug-likeness (QED) is 0.387. The van der Waals surface area contributed by atoms with Gasteiger partial charge in [-0.2, -0.15) is 0 Å². The Hall–Kier alpha value is -3.09. The molecule has 2 aromatic carbocycles. The van der Waals surface area contributed by atoms with Crippen molar-refractivity contribution in [2.75, 3.05) is 0 Å². The molecule has 0 amide bonds. The summed E-state index contributed by atoms with van der Waals surface area (Å²) in [5, 5.41) is 13.6. The van der Waals surface area contributed by atoms with E-state index in [9.17, 15) is 0 Å². The van der Waals surface area contributed by atoms with Crippen LogP contribution in [0.5, 0.6) is 0 Å². The van der Waals surface area contributed by atoms with Crippen LogP contribution in [0.1, 0.15) is 49.5 Å². The largest absolute Gasteiger partial charge is 0.280 e. The lowest BCUT2D eigenvalue weighted by Crippen LogP contribution is -2.35. The molecule has 0 radical (unpaired) electrons. The van der Waals surface area contributed by atoms with Crippen molar-refractivity contribution >= 4 is 11.6 Å². The van der Waals surface area contributed by atoms with Crippen LogP contribution in [0.4, 0.5) is 0 Å². The maximum Gasteiger partial charge on any atom is 0.175 e. The summed E-state index contributed by atoms with van der Waals surface area (Å²) in [5.74, 6) is 0.765. The molecule has 0 aliphatic heterocycles. The smallest absolute Gasteiger partial charge is 0.175 e. The van der Waals surface area contributed by atoms with Crippen LogP contribution in [0.3, 0.4) is 0 Å². The highest BCUT2D eigenvalue weighted by molar-refractivity contribution is 6.30. The van der Waals surface area contributed by atoms with Crippen LogP contribution in [-0.4, -0.2) is 30.1 Å². The van der Waals surface area contributed by atoms with E-state index in [0.717, 1.165) is 22.1 Å². The summed E-state index contributed by atoms with van der Waals surface area (Å²) in [6.45, 7) is 7.70. The number of nitrogens with zero attached hydrogens (tertiary/aromatic N) is 6. The Balaban J connectivity index is 1.82. The monoisotopic (exact) mass is 446 g/mol. The SMILES string of the molecule is CC(C)(C)n1nnnc1[C@@H](c1ccccn1)N(Cc1ccccc1)Cc1ccc(Cl)cc1. The van der Waals surface area contributed by atoms with Crippen LogP contribution >= 0.6 is 11.6 Å². The summed E-state index contributed by atoms with van der Waals surface area (Å²) in [4.78, 5) is 7.06. The summed E-state index contributed by atoms with van der Waals surface area (Å²) >= 11 is 6.14. The number of hydrogen-bond acceptors (Lipinski definition) is 5. The number of rotatable bonds is 7. The zero-order valence-corrected chi connectivity index (χ0v) is 19.3. The summed E-state index contributed by atoms with van der Waals surface area (Å²) in [7, 11) is 0. The summed E-state index contributed by atoms with van der Waals surface area (Å²) in [5.41, 5.74) is 2.99. The standard InChI is InChI=1S/C25H27ClN6/c1-25(2,3)32-24(28-29-30-32)23(22-11-7-8-16-27-22)31(17-19-9-5-4-6-10-19)18-20-12-14-21(26)15-13-20/h4-16,23H,17-18H2,1-3H3/t23-/m1/s1. The lowest BCUT2D eigenvalue weighted by Gasteiger charge is -2.32. The molecule has 0 N–H and O–H groups in total. The first-order valence-corrected chi connectivity index (χ1v) is 11.0. The lowest BCUT2D eigenvalue weighted by molar-refractivity contribution is 0.182. The van der Waals surface area contributed by atoms with Crippen molar-refractivity contribution in [2.45, 2.75) is 45.4 Å². The van der Waals surface area contributed by atoms with Gasteiger partial charge in [-0.25, -0.2) is 4.68 Å². The highest BCUT2D eigenvalue weighted by Crippen LogP contribution is 2.31. The molecule has 0 aliphatic rings. The molecule has 164 valence electrons. The second-order valence-electron chi connectivity index (χ2n) is 8.79. The molecule has 6 nitrogen and oxygen atoms in total. The Kier molecular flexibility index (Phi) is 6.63. The molecule has 2 aromatic heterocycles. The summed E-state index contributed by atoms with van der Waals surface area (Å²) < 4.78 is 1.90. The van der Waals surface area contributed by atoms with Gasteiger partial charge in [-0.15, -0.1) is 5.10 Å². The van der Waals surface area contributed by atoms with Crippen LogP contribution in [-0.2, 0) is 18.6 Å². The Morgan fingerprint density at radius 2 is 1.53 bits per heavy atom. The van der Waals surface area contributed by atoms with Crippen LogP contribution in [0.2, 0.25) is 5.02 Å². The van der Waals surface area contributed by atoms with Crippen LogP contribution in [0, 0.1) is 0 Å². The second-order valence-corrected chi connectivity index (χ2v) is 9.23. The van der Waals surface area contributed by atoms with Gasteiger partial charge < -0.3 is 0 Å². The molecule has 0 saturated carbocycles. The van der Waals surface area contributed by atoms with Gasteiger partial charge in [0.1, 0.15) is 6.04 Å². The number of aromatic nitrogens is 5. The zero-order chi connectivity index (χ0) is 22.6. The highest BCUT2D eigenvalue weighted by Gasteiger charge is 2.32. The van der Waals surface area contributed by atoms with E-state index in [-0.39, 0.29) is 11.6 Å². The maximum absolute atomic E-state index is 6.14. The molecular formula is C25H27ClN6. The summed E-state index contributed by atoms with van der Waals surface area (Å²) in [6.07, 6.45) is 1.82. The number of pyridine rings is 1. The van der Waals surface area contributed by atoms with Crippen LogP contribution < -0.4 is 0 Å². The Morgan fingerprint density at radius 1 is 0.875 bits per heavy atom. The third-order valence-corrected chi connectivity index (χ3v) is 5.49. The number of halogens is 1. The van der Waals surface area contributed by atoms with E-state index in [4.69, 9.17) is 16.6 Å². The predicted octanol–water partition coefficient (Wildman–Crippen LogP) is 5.27. The molecule has 0 bridgehead atoms. The maximum atomic E-state index is 6.14. The number of hydrogen-bond donors (Lipinski definition) is 0. The van der Waals surface area contributed by atoms with Gasteiger partial charge in [-0.05, 0) is 66.6 Å². The van der Waals surface area contributed by atoms with Gasteiger partial charge >= 0.3 is 0 Å². The normalized spacial score (nSPS) is 12.8. The molecule has 7 heteroatoms. The van der Waals surface area contributed by atoms with Crippen molar-refractivity contribution in [1.29, 1.82) is 0 Å².